The molecule has 0 saturated heterocycles. The number of ether oxygens (including phenoxy) is 1. The van der Waals surface area contributed by atoms with Crippen LogP contribution in [0.15, 0.2) is 48.5 Å². The van der Waals surface area contributed by atoms with Crippen molar-refractivity contribution in [3.63, 3.8) is 0 Å². The third-order valence-electron chi connectivity index (χ3n) is 3.22. The van der Waals surface area contributed by atoms with Crippen molar-refractivity contribution >= 4 is 5.69 Å². The topological polar surface area (TPSA) is 21.3 Å². The van der Waals surface area contributed by atoms with Gasteiger partial charge in [0, 0.05) is 12.2 Å². The number of hydrogen-bond acceptors (Lipinski definition) is 2. The van der Waals surface area contributed by atoms with Crippen molar-refractivity contribution in [2.24, 2.45) is 0 Å². The summed E-state index contributed by atoms with van der Waals surface area (Å²) in [7, 11) is 0. The highest BCUT2D eigenvalue weighted by Gasteiger charge is 1.97. The standard InChI is InChI=1S/C18H23NO/c1-3-5-15-6-10-17(11-7-15)19-14-16-8-12-18(13-9-16)20-4-2/h6-13,19H,3-5,14H2,1-2H3. The fourth-order valence-corrected chi connectivity index (χ4v) is 2.15. The molecular weight excluding hydrogens is 246 g/mol. The average Bonchev–Trinajstić information content (AvgIpc) is 2.49. The zero-order valence-corrected chi connectivity index (χ0v) is 12.4. The third kappa shape index (κ3) is 4.30. The van der Waals surface area contributed by atoms with Crippen LogP contribution in [0.5, 0.6) is 5.75 Å². The second-order valence-electron chi connectivity index (χ2n) is 4.88. The maximum absolute atomic E-state index is 5.44. The smallest absolute Gasteiger partial charge is 0.119 e. The highest BCUT2D eigenvalue weighted by molar-refractivity contribution is 5.45. The first kappa shape index (κ1) is 14.4. The lowest BCUT2D eigenvalue weighted by Gasteiger charge is -2.08. The molecule has 0 spiro atoms. The SMILES string of the molecule is CCCc1ccc(NCc2ccc(OCC)cc2)cc1. The van der Waals surface area contributed by atoms with Crippen molar-refractivity contribution in [1.82, 2.24) is 0 Å². The Morgan fingerprint density at radius 1 is 0.850 bits per heavy atom. The fraction of sp³-hybridized carbons (Fsp3) is 0.333. The van der Waals surface area contributed by atoms with Gasteiger partial charge in [-0.1, -0.05) is 37.6 Å². The molecule has 0 aliphatic carbocycles. The van der Waals surface area contributed by atoms with Gasteiger partial charge < -0.3 is 10.1 Å². The van der Waals surface area contributed by atoms with Crippen molar-refractivity contribution in [3.05, 3.63) is 59.7 Å². The number of rotatable bonds is 7. The zero-order chi connectivity index (χ0) is 14.2. The van der Waals surface area contributed by atoms with Gasteiger partial charge in [-0.15, -0.1) is 0 Å². The van der Waals surface area contributed by atoms with Gasteiger partial charge in [0.2, 0.25) is 0 Å². The maximum Gasteiger partial charge on any atom is 0.119 e. The van der Waals surface area contributed by atoms with Crippen LogP contribution < -0.4 is 10.1 Å². The van der Waals surface area contributed by atoms with Gasteiger partial charge in [0.1, 0.15) is 5.75 Å². The first-order chi connectivity index (χ1) is 9.81. The molecule has 106 valence electrons. The van der Waals surface area contributed by atoms with Crippen molar-refractivity contribution in [3.8, 4) is 5.75 Å². The van der Waals surface area contributed by atoms with Crippen LogP contribution in [0.3, 0.4) is 0 Å². The Kier molecular flexibility index (Phi) is 5.48. The molecule has 2 aromatic rings. The predicted octanol–water partition coefficient (Wildman–Crippen LogP) is 4.65. The van der Waals surface area contributed by atoms with Crippen LogP contribution in [0.4, 0.5) is 5.69 Å². The van der Waals surface area contributed by atoms with Gasteiger partial charge in [-0.25, -0.2) is 0 Å². The summed E-state index contributed by atoms with van der Waals surface area (Å²) < 4.78 is 5.44. The minimum Gasteiger partial charge on any atom is -0.494 e. The molecule has 0 heterocycles. The number of anilines is 1. The largest absolute Gasteiger partial charge is 0.494 e. The normalized spacial score (nSPS) is 10.3. The lowest BCUT2D eigenvalue weighted by atomic mass is 10.1. The lowest BCUT2D eigenvalue weighted by Crippen LogP contribution is -1.99. The second kappa shape index (κ2) is 7.59. The van der Waals surface area contributed by atoms with Gasteiger partial charge in [-0.3, -0.25) is 0 Å². The van der Waals surface area contributed by atoms with E-state index in [4.69, 9.17) is 4.74 Å². The van der Waals surface area contributed by atoms with E-state index in [9.17, 15) is 0 Å². The molecule has 0 bridgehead atoms. The summed E-state index contributed by atoms with van der Waals surface area (Å²) in [6.07, 6.45) is 2.35. The Hall–Kier alpha value is -1.96. The molecule has 0 aromatic heterocycles. The molecule has 2 aromatic carbocycles. The molecule has 0 aliphatic heterocycles. The van der Waals surface area contributed by atoms with Crippen LogP contribution in [0.1, 0.15) is 31.4 Å². The van der Waals surface area contributed by atoms with E-state index in [1.54, 1.807) is 0 Å². The van der Waals surface area contributed by atoms with E-state index in [1.807, 2.05) is 19.1 Å². The van der Waals surface area contributed by atoms with Crippen LogP contribution in [0.2, 0.25) is 0 Å². The van der Waals surface area contributed by atoms with E-state index in [2.05, 4.69) is 48.6 Å². The van der Waals surface area contributed by atoms with Crippen LogP contribution >= 0.6 is 0 Å². The fourth-order valence-electron chi connectivity index (χ4n) is 2.15. The molecule has 0 amide bonds. The summed E-state index contributed by atoms with van der Waals surface area (Å²) in [4.78, 5) is 0. The molecule has 0 fully saturated rings. The van der Waals surface area contributed by atoms with E-state index < -0.39 is 0 Å². The van der Waals surface area contributed by atoms with Gasteiger partial charge in [0.15, 0.2) is 0 Å². The minimum atomic E-state index is 0.710. The molecule has 20 heavy (non-hydrogen) atoms. The Bertz CT molecular complexity index is 452. The summed E-state index contributed by atoms with van der Waals surface area (Å²) in [6, 6.07) is 16.9. The summed E-state index contributed by atoms with van der Waals surface area (Å²) >= 11 is 0. The van der Waals surface area contributed by atoms with Gasteiger partial charge in [0.05, 0.1) is 6.61 Å². The Morgan fingerprint density at radius 2 is 1.50 bits per heavy atom. The Balaban J connectivity index is 1.87. The molecule has 0 aliphatic rings. The Labute approximate surface area is 121 Å². The van der Waals surface area contributed by atoms with Crippen molar-refractivity contribution < 1.29 is 4.74 Å². The molecule has 0 atom stereocenters. The summed E-state index contributed by atoms with van der Waals surface area (Å²) in [5.74, 6) is 0.931. The molecule has 0 saturated carbocycles. The van der Waals surface area contributed by atoms with Gasteiger partial charge in [0.25, 0.3) is 0 Å². The number of nitrogens with one attached hydrogen (secondary N) is 1. The molecule has 2 heteroatoms. The molecule has 1 N–H and O–H groups in total. The van der Waals surface area contributed by atoms with Crippen molar-refractivity contribution in [2.45, 2.75) is 33.2 Å². The van der Waals surface area contributed by atoms with Crippen molar-refractivity contribution in [2.75, 3.05) is 11.9 Å². The van der Waals surface area contributed by atoms with Gasteiger partial charge in [-0.2, -0.15) is 0 Å². The van der Waals surface area contributed by atoms with E-state index in [-0.39, 0.29) is 0 Å². The maximum atomic E-state index is 5.44. The van der Waals surface area contributed by atoms with Crippen LogP contribution in [0.25, 0.3) is 0 Å². The van der Waals surface area contributed by atoms with Gasteiger partial charge in [-0.05, 0) is 48.7 Å². The third-order valence-corrected chi connectivity index (χ3v) is 3.22. The monoisotopic (exact) mass is 269 g/mol. The average molecular weight is 269 g/mol. The van der Waals surface area contributed by atoms with E-state index >= 15 is 0 Å². The molecular formula is C18H23NO. The van der Waals surface area contributed by atoms with Crippen LogP contribution in [-0.4, -0.2) is 6.61 Å². The zero-order valence-electron chi connectivity index (χ0n) is 12.4. The first-order valence-corrected chi connectivity index (χ1v) is 7.36. The Morgan fingerprint density at radius 3 is 2.10 bits per heavy atom. The molecule has 0 unspecified atom stereocenters. The number of benzene rings is 2. The summed E-state index contributed by atoms with van der Waals surface area (Å²) in [6.45, 7) is 5.75. The first-order valence-electron chi connectivity index (χ1n) is 7.36. The highest BCUT2D eigenvalue weighted by Crippen LogP contribution is 2.15. The number of hydrogen-bond donors (Lipinski definition) is 1. The summed E-state index contributed by atoms with van der Waals surface area (Å²) in [5, 5.41) is 3.44. The van der Waals surface area contributed by atoms with E-state index in [1.165, 1.54) is 23.2 Å². The highest BCUT2D eigenvalue weighted by atomic mass is 16.5. The van der Waals surface area contributed by atoms with Crippen molar-refractivity contribution in [1.29, 1.82) is 0 Å². The molecule has 2 nitrogen and oxygen atoms in total. The van der Waals surface area contributed by atoms with Gasteiger partial charge >= 0.3 is 0 Å². The van der Waals surface area contributed by atoms with E-state index in [0.29, 0.717) is 6.61 Å². The minimum absolute atomic E-state index is 0.710. The quantitative estimate of drug-likeness (QED) is 0.790. The summed E-state index contributed by atoms with van der Waals surface area (Å²) in [5.41, 5.74) is 3.82. The van der Waals surface area contributed by atoms with Crippen LogP contribution in [0, 0.1) is 0 Å². The van der Waals surface area contributed by atoms with E-state index in [0.717, 1.165) is 18.7 Å². The predicted molar refractivity (Wildman–Crippen MR) is 85.4 cm³/mol. The second-order valence-corrected chi connectivity index (χ2v) is 4.88. The molecule has 0 radical (unpaired) electrons. The van der Waals surface area contributed by atoms with Crippen LogP contribution in [-0.2, 0) is 13.0 Å². The molecule has 2 rings (SSSR count). The lowest BCUT2D eigenvalue weighted by molar-refractivity contribution is 0.340. The number of aryl methyl sites for hydroxylation is 1.